The van der Waals surface area contributed by atoms with E-state index >= 15 is 0 Å². The van der Waals surface area contributed by atoms with Gasteiger partial charge in [-0.3, -0.25) is 0 Å². The second-order valence-corrected chi connectivity index (χ2v) is 6.57. The van der Waals surface area contributed by atoms with E-state index in [4.69, 9.17) is 5.26 Å². The largest absolute Gasteiger partial charge is 0.381 e. The second kappa shape index (κ2) is 6.17. The summed E-state index contributed by atoms with van der Waals surface area (Å²) in [5.41, 5.74) is 3.81. The summed E-state index contributed by atoms with van der Waals surface area (Å²) >= 11 is 3.37. The van der Waals surface area contributed by atoms with Gasteiger partial charge in [0.2, 0.25) is 0 Å². The highest BCUT2D eigenvalue weighted by Gasteiger charge is 2.05. The number of nitriles is 1. The molecule has 21 heavy (non-hydrogen) atoms. The number of nitrogens with one attached hydrogen (secondary N) is 1. The van der Waals surface area contributed by atoms with E-state index in [1.165, 1.54) is 4.70 Å². The first-order valence-electron chi connectivity index (χ1n) is 6.46. The van der Waals surface area contributed by atoms with Crippen molar-refractivity contribution in [1.29, 1.82) is 5.26 Å². The van der Waals surface area contributed by atoms with Gasteiger partial charge in [-0.05, 0) is 36.1 Å². The molecule has 0 radical (unpaired) electrons. The van der Waals surface area contributed by atoms with E-state index in [0.717, 1.165) is 21.1 Å². The molecular weight excluding hydrogens is 298 g/mol. The van der Waals surface area contributed by atoms with Gasteiger partial charge in [0.05, 0.1) is 21.8 Å². The first-order valence-corrected chi connectivity index (χ1v) is 8.51. The predicted molar refractivity (Wildman–Crippen MR) is 89.9 cm³/mol. The topological polar surface area (TPSA) is 48.7 Å². The summed E-state index contributed by atoms with van der Waals surface area (Å²) < 4.78 is 2.26. The van der Waals surface area contributed by atoms with Gasteiger partial charge >= 0.3 is 0 Å². The third-order valence-corrected chi connectivity index (χ3v) is 5.17. The molecule has 0 saturated carbocycles. The average Bonchev–Trinajstić information content (AvgIpc) is 2.95. The number of anilines is 1. The number of hydrogen-bond acceptors (Lipinski definition) is 5. The molecule has 0 unspecified atom stereocenters. The Morgan fingerprint density at radius 1 is 1.29 bits per heavy atom. The third kappa shape index (κ3) is 3.02. The number of thioether (sulfide) groups is 1. The van der Waals surface area contributed by atoms with Crippen molar-refractivity contribution in [3.8, 4) is 6.07 Å². The molecule has 0 aliphatic heterocycles. The number of thiazole rings is 1. The Labute approximate surface area is 131 Å². The van der Waals surface area contributed by atoms with Crippen LogP contribution in [0.3, 0.4) is 0 Å². The fourth-order valence-corrected chi connectivity index (χ4v) is 3.61. The molecule has 0 spiro atoms. The molecule has 104 valence electrons. The van der Waals surface area contributed by atoms with E-state index in [-0.39, 0.29) is 0 Å². The van der Waals surface area contributed by atoms with Crippen LogP contribution in [-0.2, 0) is 6.54 Å². The van der Waals surface area contributed by atoms with Crippen LogP contribution in [0.15, 0.2) is 46.8 Å². The zero-order chi connectivity index (χ0) is 14.7. The Morgan fingerprint density at radius 2 is 2.14 bits per heavy atom. The van der Waals surface area contributed by atoms with E-state index in [1.807, 2.05) is 42.7 Å². The minimum absolute atomic E-state index is 0.642. The van der Waals surface area contributed by atoms with Gasteiger partial charge in [0.1, 0.15) is 0 Å². The minimum Gasteiger partial charge on any atom is -0.381 e. The molecule has 0 aliphatic rings. The summed E-state index contributed by atoms with van der Waals surface area (Å²) in [5, 5.41) is 12.5. The Balaban J connectivity index is 1.80. The summed E-state index contributed by atoms with van der Waals surface area (Å²) in [4.78, 5) is 4.53. The lowest BCUT2D eigenvalue weighted by Gasteiger charge is -2.07. The van der Waals surface area contributed by atoms with Crippen molar-refractivity contribution < 1.29 is 0 Å². The van der Waals surface area contributed by atoms with Crippen LogP contribution in [-0.4, -0.2) is 11.2 Å². The lowest BCUT2D eigenvalue weighted by atomic mass is 10.1. The highest BCUT2D eigenvalue weighted by Crippen LogP contribution is 2.30. The lowest BCUT2D eigenvalue weighted by Crippen LogP contribution is -2.01. The fraction of sp³-hybridized carbons (Fsp3) is 0.125. The van der Waals surface area contributed by atoms with Crippen molar-refractivity contribution in [2.24, 2.45) is 0 Å². The van der Waals surface area contributed by atoms with Crippen LogP contribution in [0.25, 0.3) is 10.2 Å². The summed E-state index contributed by atoms with van der Waals surface area (Å²) in [6, 6.07) is 16.0. The Morgan fingerprint density at radius 3 is 2.95 bits per heavy atom. The van der Waals surface area contributed by atoms with Gasteiger partial charge in [-0.25, -0.2) is 4.98 Å². The van der Waals surface area contributed by atoms with Crippen molar-refractivity contribution in [3.63, 3.8) is 0 Å². The molecule has 2 aromatic carbocycles. The van der Waals surface area contributed by atoms with Crippen LogP contribution < -0.4 is 5.32 Å². The molecule has 0 aliphatic carbocycles. The SMILES string of the molecule is CSc1nc2ccc(NCc3ccccc3C#N)cc2s1. The Bertz CT molecular complexity index is 818. The Hall–Kier alpha value is -2.03. The number of hydrogen-bond donors (Lipinski definition) is 1. The first-order chi connectivity index (χ1) is 10.3. The number of aromatic nitrogens is 1. The molecule has 3 nitrogen and oxygen atoms in total. The molecule has 1 aromatic heterocycles. The molecule has 0 saturated heterocycles. The van der Waals surface area contributed by atoms with Gasteiger partial charge in [-0.2, -0.15) is 5.26 Å². The molecule has 0 atom stereocenters. The van der Waals surface area contributed by atoms with Gasteiger partial charge in [0.15, 0.2) is 4.34 Å². The Kier molecular flexibility index (Phi) is 4.09. The van der Waals surface area contributed by atoms with Crippen LogP contribution in [0.5, 0.6) is 0 Å². The first kappa shape index (κ1) is 13.9. The molecule has 0 fully saturated rings. The van der Waals surface area contributed by atoms with Gasteiger partial charge in [-0.1, -0.05) is 30.0 Å². The predicted octanol–water partition coefficient (Wildman–Crippen LogP) is 4.50. The van der Waals surface area contributed by atoms with E-state index < -0.39 is 0 Å². The van der Waals surface area contributed by atoms with Gasteiger partial charge in [0.25, 0.3) is 0 Å². The van der Waals surface area contributed by atoms with Crippen LogP contribution in [0.4, 0.5) is 5.69 Å². The standard InChI is InChI=1S/C16H13N3S2/c1-20-16-19-14-7-6-13(8-15(14)21-16)18-10-12-5-3-2-4-11(12)9-17/h2-8,18H,10H2,1H3. The quantitative estimate of drug-likeness (QED) is 0.721. The molecule has 5 heteroatoms. The van der Waals surface area contributed by atoms with E-state index in [9.17, 15) is 0 Å². The number of nitrogens with zero attached hydrogens (tertiary/aromatic N) is 2. The number of fused-ring (bicyclic) bond motifs is 1. The summed E-state index contributed by atoms with van der Waals surface area (Å²) in [5.74, 6) is 0. The van der Waals surface area contributed by atoms with E-state index in [2.05, 4.69) is 22.4 Å². The van der Waals surface area contributed by atoms with Gasteiger partial charge in [0, 0.05) is 12.2 Å². The molecule has 0 bridgehead atoms. The van der Waals surface area contributed by atoms with Crippen LogP contribution in [0, 0.1) is 11.3 Å². The molecule has 3 aromatic rings. The molecular formula is C16H13N3S2. The minimum atomic E-state index is 0.642. The van der Waals surface area contributed by atoms with Gasteiger partial charge < -0.3 is 5.32 Å². The maximum Gasteiger partial charge on any atom is 0.150 e. The maximum atomic E-state index is 9.10. The normalized spacial score (nSPS) is 10.5. The molecule has 3 rings (SSSR count). The third-order valence-electron chi connectivity index (χ3n) is 3.16. The van der Waals surface area contributed by atoms with Gasteiger partial charge in [-0.15, -0.1) is 11.3 Å². The smallest absolute Gasteiger partial charge is 0.150 e. The average molecular weight is 311 g/mol. The van der Waals surface area contributed by atoms with Crippen LogP contribution in [0.2, 0.25) is 0 Å². The van der Waals surface area contributed by atoms with Crippen LogP contribution in [0.1, 0.15) is 11.1 Å². The number of rotatable bonds is 4. The summed E-state index contributed by atoms with van der Waals surface area (Å²) in [6.45, 7) is 0.642. The lowest BCUT2D eigenvalue weighted by molar-refractivity contribution is 1.14. The molecule has 1 heterocycles. The van der Waals surface area contributed by atoms with Crippen molar-refractivity contribution in [3.05, 3.63) is 53.6 Å². The van der Waals surface area contributed by atoms with Crippen molar-refractivity contribution in [1.82, 2.24) is 4.98 Å². The van der Waals surface area contributed by atoms with Crippen molar-refractivity contribution >= 4 is 39.0 Å². The summed E-state index contributed by atoms with van der Waals surface area (Å²) in [6.07, 6.45) is 2.04. The second-order valence-electron chi connectivity index (χ2n) is 4.49. The summed E-state index contributed by atoms with van der Waals surface area (Å²) in [7, 11) is 0. The van der Waals surface area contributed by atoms with Crippen molar-refractivity contribution in [2.75, 3.05) is 11.6 Å². The van der Waals surface area contributed by atoms with E-state index in [1.54, 1.807) is 23.1 Å². The molecule has 0 amide bonds. The zero-order valence-electron chi connectivity index (χ0n) is 11.5. The molecule has 1 N–H and O–H groups in total. The maximum absolute atomic E-state index is 9.10. The van der Waals surface area contributed by atoms with E-state index in [0.29, 0.717) is 12.1 Å². The van der Waals surface area contributed by atoms with Crippen LogP contribution >= 0.6 is 23.1 Å². The number of benzene rings is 2. The highest BCUT2D eigenvalue weighted by atomic mass is 32.2. The monoisotopic (exact) mass is 311 g/mol. The fourth-order valence-electron chi connectivity index (χ4n) is 2.08. The van der Waals surface area contributed by atoms with Crippen molar-refractivity contribution in [2.45, 2.75) is 10.9 Å². The highest BCUT2D eigenvalue weighted by molar-refractivity contribution is 8.00. The zero-order valence-corrected chi connectivity index (χ0v) is 13.1.